The van der Waals surface area contributed by atoms with Gasteiger partial charge in [-0.05, 0) is 25.1 Å². The fraction of sp³-hybridized carbons (Fsp3) is 0.0500. The molecule has 0 aliphatic heterocycles. The van der Waals surface area contributed by atoms with Gasteiger partial charge in [-0.1, -0.05) is 54.1 Å². The first-order valence-corrected chi connectivity index (χ1v) is 10.0. The van der Waals surface area contributed by atoms with E-state index in [0.29, 0.717) is 16.3 Å². The summed E-state index contributed by atoms with van der Waals surface area (Å²) in [5, 5.41) is 12.0. The number of sulfonamides is 1. The fourth-order valence-electron chi connectivity index (χ4n) is 3.04. The van der Waals surface area contributed by atoms with Gasteiger partial charge in [0.25, 0.3) is 10.0 Å². The van der Waals surface area contributed by atoms with Gasteiger partial charge >= 0.3 is 0 Å². The number of nitrogens with one attached hydrogen (secondary N) is 1. The Hall–Kier alpha value is -2.83. The number of rotatable bonds is 3. The SMILES string of the molecule is Cc1ccc2cccc(S(=O)(=O)Nc3cc(Cl)c(O)c4ccccc34)c2n1. The average Bonchev–Trinajstić information content (AvgIpc) is 2.65. The first-order valence-electron chi connectivity index (χ1n) is 8.16. The van der Waals surface area contributed by atoms with E-state index in [4.69, 9.17) is 11.6 Å². The number of para-hydroxylation sites is 1. The predicted octanol–water partition coefficient (Wildman–Crippen LogP) is 4.86. The van der Waals surface area contributed by atoms with Crippen LogP contribution < -0.4 is 4.72 Å². The lowest BCUT2D eigenvalue weighted by atomic mass is 10.1. The smallest absolute Gasteiger partial charge is 0.264 e. The molecule has 2 N–H and O–H groups in total. The van der Waals surface area contributed by atoms with E-state index >= 15 is 0 Å². The number of phenols is 1. The van der Waals surface area contributed by atoms with E-state index in [1.54, 1.807) is 30.3 Å². The molecule has 3 aromatic carbocycles. The summed E-state index contributed by atoms with van der Waals surface area (Å²) in [6.07, 6.45) is 0. The lowest BCUT2D eigenvalue weighted by molar-refractivity contribution is 0.482. The Morgan fingerprint density at radius 3 is 2.52 bits per heavy atom. The molecule has 7 heteroatoms. The van der Waals surface area contributed by atoms with Gasteiger partial charge in [0.2, 0.25) is 0 Å². The highest BCUT2D eigenvalue weighted by atomic mass is 35.5. The molecule has 0 saturated carbocycles. The second-order valence-electron chi connectivity index (χ2n) is 6.19. The van der Waals surface area contributed by atoms with Gasteiger partial charge in [0.15, 0.2) is 0 Å². The molecule has 0 unspecified atom stereocenters. The third kappa shape index (κ3) is 3.07. The van der Waals surface area contributed by atoms with Crippen LogP contribution >= 0.6 is 11.6 Å². The molecule has 136 valence electrons. The van der Waals surface area contributed by atoms with E-state index < -0.39 is 10.0 Å². The molecule has 1 heterocycles. The summed E-state index contributed by atoms with van der Waals surface area (Å²) < 4.78 is 28.8. The Morgan fingerprint density at radius 2 is 1.74 bits per heavy atom. The largest absolute Gasteiger partial charge is 0.506 e. The van der Waals surface area contributed by atoms with Crippen molar-refractivity contribution in [2.24, 2.45) is 0 Å². The number of hydrogen-bond donors (Lipinski definition) is 2. The quantitative estimate of drug-likeness (QED) is 0.483. The highest BCUT2D eigenvalue weighted by Gasteiger charge is 2.21. The number of hydrogen-bond acceptors (Lipinski definition) is 4. The van der Waals surface area contributed by atoms with Crippen molar-refractivity contribution in [2.45, 2.75) is 11.8 Å². The Balaban J connectivity index is 1.90. The molecule has 0 spiro atoms. The number of fused-ring (bicyclic) bond motifs is 2. The van der Waals surface area contributed by atoms with Crippen LogP contribution in [-0.4, -0.2) is 18.5 Å². The van der Waals surface area contributed by atoms with E-state index in [9.17, 15) is 13.5 Å². The summed E-state index contributed by atoms with van der Waals surface area (Å²) >= 11 is 6.09. The summed E-state index contributed by atoms with van der Waals surface area (Å²) in [4.78, 5) is 4.47. The molecule has 0 aliphatic rings. The van der Waals surface area contributed by atoms with Crippen LogP contribution in [0.2, 0.25) is 5.02 Å². The maximum absolute atomic E-state index is 13.1. The van der Waals surface area contributed by atoms with Gasteiger partial charge in [-0.15, -0.1) is 0 Å². The number of benzene rings is 3. The van der Waals surface area contributed by atoms with Crippen LogP contribution in [0.25, 0.3) is 21.7 Å². The standard InChI is InChI=1S/C20H15ClN2O3S/c1-12-9-10-13-5-4-8-18(19(13)22-12)27(25,26)23-17-11-16(21)20(24)15-7-3-2-6-14(15)17/h2-11,23-24H,1H3. The Labute approximate surface area is 161 Å². The number of aromatic hydroxyl groups is 1. The van der Waals surface area contributed by atoms with Gasteiger partial charge in [0.05, 0.1) is 16.2 Å². The zero-order valence-electron chi connectivity index (χ0n) is 14.3. The molecule has 0 bridgehead atoms. The normalized spacial score (nSPS) is 11.8. The van der Waals surface area contributed by atoms with Crippen molar-refractivity contribution in [1.29, 1.82) is 0 Å². The highest BCUT2D eigenvalue weighted by molar-refractivity contribution is 7.93. The summed E-state index contributed by atoms with van der Waals surface area (Å²) in [6, 6.07) is 17.0. The Kier molecular flexibility index (Phi) is 4.17. The zero-order chi connectivity index (χ0) is 19.2. The molecule has 27 heavy (non-hydrogen) atoms. The molecule has 5 nitrogen and oxygen atoms in total. The molecule has 0 radical (unpaired) electrons. The van der Waals surface area contributed by atoms with Gasteiger partial charge in [0, 0.05) is 21.9 Å². The maximum Gasteiger partial charge on any atom is 0.264 e. The van der Waals surface area contributed by atoms with E-state index in [-0.39, 0.29) is 21.4 Å². The minimum atomic E-state index is -3.93. The average molecular weight is 399 g/mol. The number of nitrogens with zero attached hydrogens (tertiary/aromatic N) is 1. The molecule has 0 fully saturated rings. The number of pyridine rings is 1. The van der Waals surface area contributed by atoms with Crippen molar-refractivity contribution in [1.82, 2.24) is 4.98 Å². The van der Waals surface area contributed by atoms with Gasteiger partial charge < -0.3 is 5.11 Å². The van der Waals surface area contributed by atoms with Crippen molar-refractivity contribution in [3.63, 3.8) is 0 Å². The highest BCUT2D eigenvalue weighted by Crippen LogP contribution is 2.38. The lowest BCUT2D eigenvalue weighted by Gasteiger charge is -2.14. The van der Waals surface area contributed by atoms with Crippen molar-refractivity contribution in [3.8, 4) is 5.75 Å². The number of aromatic nitrogens is 1. The van der Waals surface area contributed by atoms with Crippen LogP contribution in [0.4, 0.5) is 5.69 Å². The van der Waals surface area contributed by atoms with Crippen LogP contribution in [0.5, 0.6) is 5.75 Å². The third-order valence-corrected chi connectivity index (χ3v) is 6.01. The Morgan fingerprint density at radius 1 is 1.00 bits per heavy atom. The van der Waals surface area contributed by atoms with E-state index in [2.05, 4.69) is 9.71 Å². The van der Waals surface area contributed by atoms with Crippen LogP contribution in [-0.2, 0) is 10.0 Å². The van der Waals surface area contributed by atoms with Gasteiger partial charge in [-0.25, -0.2) is 8.42 Å². The van der Waals surface area contributed by atoms with Crippen molar-refractivity contribution in [3.05, 3.63) is 71.4 Å². The number of phenolic OH excluding ortho intramolecular Hbond substituents is 1. The van der Waals surface area contributed by atoms with Crippen molar-refractivity contribution >= 4 is 49.0 Å². The summed E-state index contributed by atoms with van der Waals surface area (Å²) in [5.74, 6) is -0.0855. The molecule has 0 aliphatic carbocycles. The van der Waals surface area contributed by atoms with Crippen LogP contribution in [0.15, 0.2) is 65.6 Å². The molecule has 1 aromatic heterocycles. The fourth-order valence-corrected chi connectivity index (χ4v) is 4.50. The monoisotopic (exact) mass is 398 g/mol. The van der Waals surface area contributed by atoms with Crippen LogP contribution in [0, 0.1) is 6.92 Å². The maximum atomic E-state index is 13.1. The third-order valence-electron chi connectivity index (χ3n) is 4.33. The second-order valence-corrected chi connectivity index (χ2v) is 8.24. The van der Waals surface area contributed by atoms with Gasteiger partial charge in [0.1, 0.15) is 10.6 Å². The molecular weight excluding hydrogens is 384 g/mol. The van der Waals surface area contributed by atoms with E-state index in [1.165, 1.54) is 12.1 Å². The minimum Gasteiger partial charge on any atom is -0.506 e. The Bertz CT molecular complexity index is 1300. The molecule has 0 saturated heterocycles. The van der Waals surface area contributed by atoms with E-state index in [1.807, 2.05) is 25.1 Å². The lowest BCUT2D eigenvalue weighted by Crippen LogP contribution is -2.14. The first kappa shape index (κ1) is 17.6. The summed E-state index contributed by atoms with van der Waals surface area (Å²) in [5.41, 5.74) is 1.42. The zero-order valence-corrected chi connectivity index (χ0v) is 15.8. The number of halogens is 1. The summed E-state index contributed by atoms with van der Waals surface area (Å²) in [7, 11) is -3.93. The first-order chi connectivity index (χ1) is 12.9. The number of aryl methyl sites for hydroxylation is 1. The molecule has 0 amide bonds. The minimum absolute atomic E-state index is 0.0679. The summed E-state index contributed by atoms with van der Waals surface area (Å²) in [6.45, 7) is 1.81. The van der Waals surface area contributed by atoms with Gasteiger partial charge in [-0.3, -0.25) is 9.71 Å². The van der Waals surface area contributed by atoms with E-state index in [0.717, 1.165) is 11.1 Å². The van der Waals surface area contributed by atoms with Gasteiger partial charge in [-0.2, -0.15) is 0 Å². The predicted molar refractivity (Wildman–Crippen MR) is 108 cm³/mol. The second kappa shape index (κ2) is 6.40. The van der Waals surface area contributed by atoms with Crippen LogP contribution in [0.1, 0.15) is 5.69 Å². The topological polar surface area (TPSA) is 79.3 Å². The molecule has 0 atom stereocenters. The van der Waals surface area contributed by atoms with Crippen LogP contribution in [0.3, 0.4) is 0 Å². The molecule has 4 aromatic rings. The molecule has 4 rings (SSSR count). The van der Waals surface area contributed by atoms with Crippen molar-refractivity contribution < 1.29 is 13.5 Å². The van der Waals surface area contributed by atoms with Crippen molar-refractivity contribution in [2.75, 3.05) is 4.72 Å². The molecular formula is C20H15ClN2O3S. The number of anilines is 1.